The van der Waals surface area contributed by atoms with E-state index in [0.29, 0.717) is 18.3 Å². The Hall–Kier alpha value is -3.67. The first-order valence-corrected chi connectivity index (χ1v) is 25.6. The molecule has 0 heterocycles. The number of alkyl halides is 4. The molecular weight excluding hydrogens is 905 g/mol. The summed E-state index contributed by atoms with van der Waals surface area (Å²) in [7, 11) is 6.84. The van der Waals surface area contributed by atoms with E-state index < -0.39 is 35.7 Å². The minimum atomic E-state index is -5.03. The van der Waals surface area contributed by atoms with Gasteiger partial charge in [0, 0.05) is 45.9 Å². The molecule has 4 saturated carbocycles. The van der Waals surface area contributed by atoms with Crippen LogP contribution in [0.2, 0.25) is 0 Å². The van der Waals surface area contributed by atoms with Crippen LogP contribution in [0.4, 0.5) is 13.2 Å². The molecule has 4 fully saturated rings. The van der Waals surface area contributed by atoms with Crippen LogP contribution in [0.1, 0.15) is 135 Å². The molecule has 69 heavy (non-hydrogen) atoms. The van der Waals surface area contributed by atoms with Gasteiger partial charge in [-0.1, -0.05) is 85.7 Å². The number of hydrogen-bond acceptors (Lipinski definition) is 8. The van der Waals surface area contributed by atoms with Gasteiger partial charge in [0.2, 0.25) is 5.41 Å². The van der Waals surface area contributed by atoms with Gasteiger partial charge in [-0.3, -0.25) is 4.79 Å². The van der Waals surface area contributed by atoms with E-state index in [-0.39, 0.29) is 50.6 Å². The average Bonchev–Trinajstić information content (AvgIpc) is 3.81. The van der Waals surface area contributed by atoms with Crippen LogP contribution in [0.3, 0.4) is 0 Å². The molecule has 6 aliphatic rings. The topological polar surface area (TPSA) is 104 Å². The summed E-state index contributed by atoms with van der Waals surface area (Å²) in [6.07, 6.45) is 4.81. The number of carbonyl (C=O) groups excluding carboxylic acids is 1. The van der Waals surface area contributed by atoms with Crippen molar-refractivity contribution in [1.29, 1.82) is 0 Å². The summed E-state index contributed by atoms with van der Waals surface area (Å²) in [6, 6.07) is 15.2. The summed E-state index contributed by atoms with van der Waals surface area (Å²) >= 11 is 4.64. The zero-order chi connectivity index (χ0) is 50.9. The number of hydrogen-bond donors (Lipinski definition) is 2. The van der Waals surface area contributed by atoms with Crippen molar-refractivity contribution >= 4 is 17.6 Å². The highest BCUT2D eigenvalue weighted by Crippen LogP contribution is 2.70. The van der Waals surface area contributed by atoms with Gasteiger partial charge < -0.3 is 33.9 Å². The van der Waals surface area contributed by atoms with Gasteiger partial charge in [0.05, 0.1) is 41.2 Å². The fourth-order valence-electron chi connectivity index (χ4n) is 16.3. The molecule has 2 N–H and O–H groups in total. The van der Waals surface area contributed by atoms with E-state index >= 15 is 0 Å². The van der Waals surface area contributed by atoms with E-state index in [9.17, 15) is 28.2 Å². The summed E-state index contributed by atoms with van der Waals surface area (Å²) in [5, 5.41) is 20.8. The van der Waals surface area contributed by atoms with Crippen molar-refractivity contribution in [1.82, 2.24) is 0 Å². The molecule has 0 aliphatic heterocycles. The lowest BCUT2D eigenvalue weighted by molar-refractivity contribution is -0.230. The Morgan fingerprint density at radius 3 is 1.51 bits per heavy atom. The molecule has 0 radical (unpaired) electrons. The van der Waals surface area contributed by atoms with Crippen LogP contribution in [-0.4, -0.2) is 76.0 Å². The van der Waals surface area contributed by atoms with E-state index in [4.69, 9.17) is 23.7 Å². The van der Waals surface area contributed by atoms with Gasteiger partial charge in [0.25, 0.3) is 0 Å². The lowest BCUT2D eigenvalue weighted by Gasteiger charge is -2.62. The third-order valence-corrected chi connectivity index (χ3v) is 19.8. The summed E-state index contributed by atoms with van der Waals surface area (Å²) < 4.78 is 72.2. The predicted molar refractivity (Wildman–Crippen MR) is 265 cm³/mol. The number of aliphatic hydroxyl groups is 2. The van der Waals surface area contributed by atoms with Crippen LogP contribution in [0.25, 0.3) is 0 Å². The fraction of sp³-hybridized carbons (Fsp3) is 0.667. The summed E-state index contributed by atoms with van der Waals surface area (Å²) in [6.45, 7) is 16.8. The monoisotopic (exact) mass is 983 g/mol. The van der Waals surface area contributed by atoms with Gasteiger partial charge in [-0.2, -0.15) is 13.2 Å². The largest absolute Gasteiger partial charge is 0.497 e. The zero-order valence-corrected chi connectivity index (χ0v) is 44.1. The Balaban J connectivity index is 0.000000215. The third kappa shape index (κ3) is 8.04. The van der Waals surface area contributed by atoms with Gasteiger partial charge in [0.15, 0.2) is 0 Å². The molecule has 12 heteroatoms. The van der Waals surface area contributed by atoms with Crippen LogP contribution < -0.4 is 18.9 Å². The molecule has 3 aromatic rings. The van der Waals surface area contributed by atoms with Gasteiger partial charge >= 0.3 is 12.1 Å². The van der Waals surface area contributed by atoms with Crippen LogP contribution >= 0.6 is 11.6 Å². The predicted octanol–water partition coefficient (Wildman–Crippen LogP) is 12.4. The Morgan fingerprint density at radius 2 is 1.09 bits per heavy atom. The lowest BCUT2D eigenvalue weighted by Crippen LogP contribution is -2.61. The number of ether oxygens (including phenoxy) is 5. The molecule has 11 atom stereocenters. The normalized spacial score (nSPS) is 34.1. The van der Waals surface area contributed by atoms with Crippen LogP contribution in [-0.2, 0) is 38.6 Å². The molecule has 9 rings (SSSR count). The fourth-order valence-corrected chi connectivity index (χ4v) is 16.3. The lowest BCUT2D eigenvalue weighted by atomic mass is 9.43. The second kappa shape index (κ2) is 18.7. The number of benzene rings is 3. The first-order valence-electron chi connectivity index (χ1n) is 24.9. The van der Waals surface area contributed by atoms with E-state index in [1.165, 1.54) is 65.7 Å². The molecule has 0 amide bonds. The minimum absolute atomic E-state index is 0.00905. The SMILES string of the molecule is CCl.COc1cc2c(c(OC)c1)[C@]1(C)CC[C@H]3C(C)(C)[C@@H](O)CC[C@]3(C)[C@H]1C2.COc1cc2c(c(OC)c1)[C@]1(C)CC[C@H]3C(C)(C)[C@@H](OC(=O)[C@@](CO)(c4ccccc4)C(F)(F)F)CC[C@]3(C)[C@H]1C2. The molecule has 0 unspecified atom stereocenters. The molecule has 0 saturated heterocycles. The van der Waals surface area contributed by atoms with Crippen molar-refractivity contribution in [3.8, 4) is 23.0 Å². The van der Waals surface area contributed by atoms with Gasteiger partial charge in [-0.15, -0.1) is 11.6 Å². The van der Waals surface area contributed by atoms with Crippen molar-refractivity contribution in [2.45, 2.75) is 154 Å². The molecule has 3 aromatic carbocycles. The quantitative estimate of drug-likeness (QED) is 0.170. The summed E-state index contributed by atoms with van der Waals surface area (Å²) in [5.41, 5.74) is 1.38. The number of fused-ring (bicyclic) bond motifs is 10. The maximum absolute atomic E-state index is 14.5. The van der Waals surface area contributed by atoms with Crippen LogP contribution in [0.5, 0.6) is 23.0 Å². The number of aliphatic hydroxyl groups excluding tert-OH is 2. The Bertz CT molecular complexity index is 2350. The minimum Gasteiger partial charge on any atom is -0.497 e. The third-order valence-electron chi connectivity index (χ3n) is 19.8. The second-order valence-corrected chi connectivity index (χ2v) is 23.3. The second-order valence-electron chi connectivity index (χ2n) is 23.3. The van der Waals surface area contributed by atoms with Gasteiger partial charge in [-0.05, 0) is 133 Å². The average molecular weight is 984 g/mol. The van der Waals surface area contributed by atoms with Crippen molar-refractivity contribution in [3.05, 3.63) is 82.4 Å². The molecule has 0 aromatic heterocycles. The maximum Gasteiger partial charge on any atom is 0.411 e. The van der Waals surface area contributed by atoms with Crippen molar-refractivity contribution in [2.24, 2.45) is 45.3 Å². The van der Waals surface area contributed by atoms with E-state index in [1.807, 2.05) is 19.9 Å². The van der Waals surface area contributed by atoms with Gasteiger partial charge in [0.1, 0.15) is 29.1 Å². The van der Waals surface area contributed by atoms with Crippen molar-refractivity contribution in [2.75, 3.05) is 41.4 Å². The van der Waals surface area contributed by atoms with E-state index in [2.05, 4.69) is 71.3 Å². The van der Waals surface area contributed by atoms with Crippen molar-refractivity contribution < 1.29 is 51.9 Å². The highest BCUT2D eigenvalue weighted by atomic mass is 35.5. The first-order chi connectivity index (χ1) is 32.4. The molecular formula is C57H78ClF3O8. The van der Waals surface area contributed by atoms with Crippen molar-refractivity contribution in [3.63, 3.8) is 0 Å². The van der Waals surface area contributed by atoms with Gasteiger partial charge in [-0.25, -0.2) is 0 Å². The molecule has 0 bridgehead atoms. The standard InChI is InChI=1S/C33H41F3O5.C23H34O3.CH3Cl/c1-29(2)24-12-14-31(4)25(17-20-16-22(39-5)18-23(40-6)27(20)31)30(24,3)15-13-26(29)41-28(38)32(19-37,33(34,35)36)21-10-8-7-9-11-21;1-21(2)17-7-9-23(4)18(22(17,3)10-8-19(21)24)12-14-11-15(25-5)13-16(26-6)20(14)23;1-2/h7-11,16,18,24-26,37H,12-15,17,19H2,1-6H3;11,13,17-19,24H,7-10,12H2,1-6H3;1H3/t24-,25+,26-,30-,31+,32+;17-,18+,19-,22-,23+;/m00./s1. The number of halogens is 4. The van der Waals surface area contributed by atoms with E-state index in [1.54, 1.807) is 34.5 Å². The summed E-state index contributed by atoms with van der Waals surface area (Å²) in [4.78, 5) is 13.5. The zero-order valence-electron chi connectivity index (χ0n) is 43.3. The van der Waals surface area contributed by atoms with E-state index in [0.717, 1.165) is 67.9 Å². The molecule has 382 valence electrons. The Kier molecular flexibility index (Phi) is 14.4. The number of rotatable bonds is 8. The highest BCUT2D eigenvalue weighted by molar-refractivity contribution is 6.15. The van der Waals surface area contributed by atoms with Crippen LogP contribution in [0, 0.1) is 45.3 Å². The smallest absolute Gasteiger partial charge is 0.411 e. The van der Waals surface area contributed by atoms with Crippen LogP contribution in [0.15, 0.2) is 54.6 Å². The Morgan fingerprint density at radius 1 is 0.638 bits per heavy atom. The number of esters is 1. The molecule has 8 nitrogen and oxygen atoms in total. The summed E-state index contributed by atoms with van der Waals surface area (Å²) in [5.74, 6) is 3.61. The number of carbonyl (C=O) groups is 1. The molecule has 0 spiro atoms. The maximum atomic E-state index is 14.5. The Labute approximate surface area is 414 Å². The number of methoxy groups -OCH3 is 4. The molecule has 6 aliphatic carbocycles. The first kappa shape index (κ1) is 53.1. The highest BCUT2D eigenvalue weighted by Gasteiger charge is 2.67.